The molecule has 0 fully saturated rings. The van der Waals surface area contributed by atoms with Crippen LogP contribution in [0.3, 0.4) is 0 Å². The van der Waals surface area contributed by atoms with Crippen molar-refractivity contribution in [2.75, 3.05) is 33.4 Å². The number of carbonyl (C=O) groups excluding carboxylic acids is 2. The maximum absolute atomic E-state index is 12.6. The summed E-state index contributed by atoms with van der Waals surface area (Å²) in [5, 5.41) is 0. The molecule has 0 saturated carbocycles. The molecule has 0 atom stereocenters. The molecule has 6 heteroatoms. The summed E-state index contributed by atoms with van der Waals surface area (Å²) in [7, 11) is 1.55. The van der Waals surface area contributed by atoms with Crippen LogP contribution in [0.1, 0.15) is 34.6 Å². The molecular formula is C14H28N2O4. The predicted molar refractivity (Wildman–Crippen MR) is 77.1 cm³/mol. The van der Waals surface area contributed by atoms with Crippen LogP contribution in [0.4, 0.5) is 0 Å². The number of ether oxygens (including phenoxy) is 2. The van der Waals surface area contributed by atoms with Crippen molar-refractivity contribution in [3.8, 4) is 0 Å². The molecule has 0 aliphatic heterocycles. The average Bonchev–Trinajstić information content (AvgIpc) is 2.32. The molecule has 0 bridgehead atoms. The van der Waals surface area contributed by atoms with Crippen LogP contribution in [0.5, 0.6) is 0 Å². The van der Waals surface area contributed by atoms with Gasteiger partial charge in [0.1, 0.15) is 6.54 Å². The third-order valence-electron chi connectivity index (χ3n) is 3.62. The van der Waals surface area contributed by atoms with E-state index in [1.54, 1.807) is 41.7 Å². The van der Waals surface area contributed by atoms with Gasteiger partial charge in [0.15, 0.2) is 0 Å². The Bertz CT molecular complexity index is 335. The minimum Gasteiger partial charge on any atom is -0.465 e. The summed E-state index contributed by atoms with van der Waals surface area (Å²) in [6.45, 7) is 9.76. The first-order valence-electron chi connectivity index (χ1n) is 6.80. The van der Waals surface area contributed by atoms with Crippen LogP contribution in [0.25, 0.3) is 0 Å². The molecule has 118 valence electrons. The van der Waals surface area contributed by atoms with E-state index >= 15 is 0 Å². The van der Waals surface area contributed by atoms with Gasteiger partial charge in [0, 0.05) is 19.2 Å². The van der Waals surface area contributed by atoms with Crippen molar-refractivity contribution in [2.24, 2.45) is 11.1 Å². The van der Waals surface area contributed by atoms with Gasteiger partial charge < -0.3 is 20.1 Å². The van der Waals surface area contributed by atoms with Crippen LogP contribution < -0.4 is 5.73 Å². The molecule has 0 heterocycles. The zero-order valence-corrected chi connectivity index (χ0v) is 13.5. The van der Waals surface area contributed by atoms with E-state index in [4.69, 9.17) is 15.2 Å². The minimum absolute atomic E-state index is 0.0878. The van der Waals surface area contributed by atoms with Crippen molar-refractivity contribution in [2.45, 2.75) is 40.2 Å². The molecule has 0 rings (SSSR count). The van der Waals surface area contributed by atoms with Crippen molar-refractivity contribution in [3.05, 3.63) is 0 Å². The predicted octanol–water partition coefficient (Wildman–Crippen LogP) is 0.788. The Balaban J connectivity index is 5.02. The highest BCUT2D eigenvalue weighted by Gasteiger charge is 2.43. The molecule has 0 aromatic heterocycles. The maximum atomic E-state index is 12.6. The summed E-state index contributed by atoms with van der Waals surface area (Å²) in [5.41, 5.74) is 4.57. The zero-order valence-electron chi connectivity index (χ0n) is 13.5. The van der Waals surface area contributed by atoms with Gasteiger partial charge in [-0.2, -0.15) is 0 Å². The van der Waals surface area contributed by atoms with Gasteiger partial charge in [-0.05, 0) is 34.6 Å². The summed E-state index contributed by atoms with van der Waals surface area (Å²) in [5.74, 6) is -0.613. The number of nitrogens with two attached hydrogens (primary N) is 1. The zero-order chi connectivity index (χ0) is 16.0. The SMILES string of the molecule is CCOC(=O)CN(CCOC)C(=O)C(C)(C)C(C)(C)N. The molecule has 0 spiro atoms. The first-order chi connectivity index (χ1) is 9.07. The second kappa shape index (κ2) is 7.59. The fraction of sp³-hybridized carbons (Fsp3) is 0.857. The van der Waals surface area contributed by atoms with Crippen LogP contribution >= 0.6 is 0 Å². The Kier molecular flexibility index (Phi) is 7.16. The van der Waals surface area contributed by atoms with E-state index in [-0.39, 0.29) is 19.1 Å². The van der Waals surface area contributed by atoms with E-state index in [1.165, 1.54) is 4.90 Å². The monoisotopic (exact) mass is 288 g/mol. The fourth-order valence-electron chi connectivity index (χ4n) is 1.49. The van der Waals surface area contributed by atoms with Gasteiger partial charge in [0.05, 0.1) is 18.6 Å². The van der Waals surface area contributed by atoms with E-state index in [1.807, 2.05) is 0 Å². The highest BCUT2D eigenvalue weighted by molar-refractivity contribution is 5.87. The number of methoxy groups -OCH3 is 1. The van der Waals surface area contributed by atoms with E-state index in [9.17, 15) is 9.59 Å². The second-order valence-corrected chi connectivity index (χ2v) is 5.87. The number of amides is 1. The summed E-state index contributed by atoms with van der Waals surface area (Å²) >= 11 is 0. The van der Waals surface area contributed by atoms with Crippen molar-refractivity contribution < 1.29 is 19.1 Å². The van der Waals surface area contributed by atoms with Crippen LogP contribution in [-0.2, 0) is 19.1 Å². The van der Waals surface area contributed by atoms with Crippen molar-refractivity contribution in [1.82, 2.24) is 4.90 Å². The number of hydrogen-bond donors (Lipinski definition) is 1. The van der Waals surface area contributed by atoms with Crippen LogP contribution in [0, 0.1) is 5.41 Å². The van der Waals surface area contributed by atoms with Gasteiger partial charge in [-0.3, -0.25) is 9.59 Å². The normalized spacial score (nSPS) is 12.2. The lowest BCUT2D eigenvalue weighted by molar-refractivity contribution is -0.154. The molecule has 0 saturated heterocycles. The van der Waals surface area contributed by atoms with Crippen LogP contribution in [0.2, 0.25) is 0 Å². The lowest BCUT2D eigenvalue weighted by atomic mass is 9.74. The van der Waals surface area contributed by atoms with E-state index in [2.05, 4.69) is 0 Å². The smallest absolute Gasteiger partial charge is 0.325 e. The lowest BCUT2D eigenvalue weighted by Gasteiger charge is -2.40. The largest absolute Gasteiger partial charge is 0.465 e. The molecule has 0 unspecified atom stereocenters. The third kappa shape index (κ3) is 5.09. The van der Waals surface area contributed by atoms with Crippen molar-refractivity contribution >= 4 is 11.9 Å². The topological polar surface area (TPSA) is 81.9 Å². The molecule has 0 aliphatic rings. The Hall–Kier alpha value is -1.14. The quantitative estimate of drug-likeness (QED) is 0.668. The van der Waals surface area contributed by atoms with E-state index < -0.39 is 16.9 Å². The summed E-state index contributed by atoms with van der Waals surface area (Å²) < 4.78 is 9.88. The molecule has 0 aromatic rings. The molecule has 20 heavy (non-hydrogen) atoms. The van der Waals surface area contributed by atoms with Gasteiger partial charge in [0.25, 0.3) is 0 Å². The van der Waals surface area contributed by atoms with Crippen LogP contribution in [-0.4, -0.2) is 55.7 Å². The Morgan fingerprint density at radius 3 is 2.15 bits per heavy atom. The Labute approximate surface area is 121 Å². The first-order valence-corrected chi connectivity index (χ1v) is 6.80. The third-order valence-corrected chi connectivity index (χ3v) is 3.62. The fourth-order valence-corrected chi connectivity index (χ4v) is 1.49. The average molecular weight is 288 g/mol. The first kappa shape index (κ1) is 18.9. The molecular weight excluding hydrogens is 260 g/mol. The van der Waals surface area contributed by atoms with Crippen molar-refractivity contribution in [1.29, 1.82) is 0 Å². The number of nitrogens with zero attached hydrogens (tertiary/aromatic N) is 1. The number of rotatable bonds is 8. The molecule has 0 aromatic carbocycles. The van der Waals surface area contributed by atoms with Crippen LogP contribution in [0.15, 0.2) is 0 Å². The second-order valence-electron chi connectivity index (χ2n) is 5.87. The summed E-state index contributed by atoms with van der Waals surface area (Å²) in [6.07, 6.45) is 0. The highest BCUT2D eigenvalue weighted by atomic mass is 16.5. The van der Waals surface area contributed by atoms with Crippen molar-refractivity contribution in [3.63, 3.8) is 0 Å². The Morgan fingerprint density at radius 2 is 1.75 bits per heavy atom. The maximum Gasteiger partial charge on any atom is 0.325 e. The summed E-state index contributed by atoms with van der Waals surface area (Å²) in [6, 6.07) is 0. The molecule has 0 radical (unpaired) electrons. The molecule has 0 aliphatic carbocycles. The highest BCUT2D eigenvalue weighted by Crippen LogP contribution is 2.30. The summed E-state index contributed by atoms with van der Waals surface area (Å²) in [4.78, 5) is 25.7. The standard InChI is InChI=1S/C14H28N2O4/c1-7-20-11(17)10-16(8-9-19-6)12(18)13(2,3)14(4,5)15/h7-10,15H2,1-6H3. The Morgan fingerprint density at radius 1 is 1.20 bits per heavy atom. The number of carbonyl (C=O) groups is 2. The minimum atomic E-state index is -0.798. The number of esters is 1. The number of hydrogen-bond acceptors (Lipinski definition) is 5. The van der Waals surface area contributed by atoms with Gasteiger partial charge in [-0.15, -0.1) is 0 Å². The van der Waals surface area contributed by atoms with Gasteiger partial charge in [-0.1, -0.05) is 0 Å². The van der Waals surface area contributed by atoms with Gasteiger partial charge >= 0.3 is 5.97 Å². The van der Waals surface area contributed by atoms with Gasteiger partial charge in [-0.25, -0.2) is 0 Å². The molecule has 6 nitrogen and oxygen atoms in total. The molecule has 2 N–H and O–H groups in total. The van der Waals surface area contributed by atoms with E-state index in [0.717, 1.165) is 0 Å². The van der Waals surface area contributed by atoms with E-state index in [0.29, 0.717) is 13.2 Å². The lowest BCUT2D eigenvalue weighted by Crippen LogP contribution is -2.57. The van der Waals surface area contributed by atoms with Gasteiger partial charge in [0.2, 0.25) is 5.91 Å². The molecule has 1 amide bonds.